The molecule has 8 nitrogen and oxygen atoms in total. The summed E-state index contributed by atoms with van der Waals surface area (Å²) in [7, 11) is 0. The second-order valence-electron chi connectivity index (χ2n) is 8.70. The van der Waals surface area contributed by atoms with Crippen LogP contribution in [-0.2, 0) is 11.3 Å². The molecule has 2 aromatic heterocycles. The number of rotatable bonds is 8. The summed E-state index contributed by atoms with van der Waals surface area (Å²) in [5.41, 5.74) is 3.26. The van der Waals surface area contributed by atoms with Crippen LogP contribution in [0.25, 0.3) is 11.1 Å². The summed E-state index contributed by atoms with van der Waals surface area (Å²) in [4.78, 5) is 4.42. The van der Waals surface area contributed by atoms with Gasteiger partial charge in [0.1, 0.15) is 23.7 Å². The fourth-order valence-electron chi connectivity index (χ4n) is 4.23. The molecule has 5 rings (SSSR count). The zero-order chi connectivity index (χ0) is 22.6. The van der Waals surface area contributed by atoms with Crippen LogP contribution in [0.4, 0.5) is 11.5 Å². The summed E-state index contributed by atoms with van der Waals surface area (Å²) in [6.45, 7) is 2.46. The average molecular weight is 446 g/mol. The summed E-state index contributed by atoms with van der Waals surface area (Å²) >= 11 is 0. The van der Waals surface area contributed by atoms with E-state index in [-0.39, 0.29) is 12.7 Å². The lowest BCUT2D eigenvalue weighted by Gasteiger charge is -2.23. The van der Waals surface area contributed by atoms with Crippen LogP contribution in [-0.4, -0.2) is 45.8 Å². The van der Waals surface area contributed by atoms with Gasteiger partial charge in [-0.1, -0.05) is 6.07 Å². The Morgan fingerprint density at radius 1 is 1.18 bits per heavy atom. The van der Waals surface area contributed by atoms with Crippen LogP contribution in [0.1, 0.15) is 24.8 Å². The smallest absolute Gasteiger partial charge is 0.137 e. The molecule has 2 atom stereocenters. The van der Waals surface area contributed by atoms with Crippen molar-refractivity contribution in [1.82, 2.24) is 14.8 Å². The second kappa shape index (κ2) is 9.61. The molecule has 0 bridgehead atoms. The van der Waals surface area contributed by atoms with E-state index in [0.717, 1.165) is 42.6 Å². The van der Waals surface area contributed by atoms with Gasteiger partial charge in [0.15, 0.2) is 0 Å². The number of nitrogens with one attached hydrogen (secondary N) is 1. The summed E-state index contributed by atoms with van der Waals surface area (Å²) in [5.74, 6) is 2.24. The van der Waals surface area contributed by atoms with Crippen molar-refractivity contribution in [3.8, 4) is 22.9 Å². The molecule has 1 saturated carbocycles. The van der Waals surface area contributed by atoms with E-state index < -0.39 is 0 Å². The van der Waals surface area contributed by atoms with Gasteiger partial charge in [0.25, 0.3) is 0 Å². The molecule has 2 aliphatic rings. The van der Waals surface area contributed by atoms with E-state index >= 15 is 0 Å². The first-order chi connectivity index (χ1) is 16.2. The maximum absolute atomic E-state index is 9.67. The largest absolute Gasteiger partial charge is 0.489 e. The Morgan fingerprint density at radius 2 is 2.03 bits per heavy atom. The molecule has 33 heavy (non-hydrogen) atoms. The number of aliphatic hydroxyl groups is 1. The number of hydrogen-bond acceptors (Lipinski definition) is 7. The molecule has 1 aromatic carbocycles. The van der Waals surface area contributed by atoms with Crippen molar-refractivity contribution in [2.45, 2.75) is 31.9 Å². The number of nitrogens with zero attached hydrogens (tertiary/aromatic N) is 4. The maximum Gasteiger partial charge on any atom is 0.137 e. The van der Waals surface area contributed by atoms with E-state index in [1.54, 1.807) is 12.4 Å². The zero-order valence-electron chi connectivity index (χ0n) is 18.4. The molecule has 2 N–H and O–H groups in total. The van der Waals surface area contributed by atoms with E-state index in [1.165, 1.54) is 0 Å². The minimum absolute atomic E-state index is 0.0868. The van der Waals surface area contributed by atoms with Crippen molar-refractivity contribution in [1.29, 1.82) is 5.26 Å². The van der Waals surface area contributed by atoms with Gasteiger partial charge in [0, 0.05) is 38.4 Å². The summed E-state index contributed by atoms with van der Waals surface area (Å²) in [5, 5.41) is 26.6. The third-order valence-corrected chi connectivity index (χ3v) is 6.29. The fourth-order valence-corrected chi connectivity index (χ4v) is 4.23. The van der Waals surface area contributed by atoms with E-state index in [2.05, 4.69) is 21.5 Å². The van der Waals surface area contributed by atoms with Crippen LogP contribution < -0.4 is 10.1 Å². The molecule has 3 aromatic rings. The normalized spacial score (nSPS) is 20.2. The maximum atomic E-state index is 9.67. The third-order valence-electron chi connectivity index (χ3n) is 6.29. The molecular weight excluding hydrogens is 418 g/mol. The first-order valence-electron chi connectivity index (χ1n) is 11.4. The van der Waals surface area contributed by atoms with Gasteiger partial charge in [-0.3, -0.25) is 4.68 Å². The van der Waals surface area contributed by atoms with Gasteiger partial charge >= 0.3 is 0 Å². The molecular formula is C25H27N5O3. The van der Waals surface area contributed by atoms with Gasteiger partial charge in [-0.25, -0.2) is 4.98 Å². The molecule has 1 aliphatic heterocycles. The van der Waals surface area contributed by atoms with E-state index in [9.17, 15) is 10.4 Å². The Balaban J connectivity index is 1.27. The number of benzene rings is 1. The highest BCUT2D eigenvalue weighted by Crippen LogP contribution is 2.39. The van der Waals surface area contributed by atoms with Gasteiger partial charge in [-0.05, 0) is 53.6 Å². The number of anilines is 2. The number of aliphatic hydroxyl groups excluding tert-OH is 1. The van der Waals surface area contributed by atoms with E-state index in [0.29, 0.717) is 42.2 Å². The summed E-state index contributed by atoms with van der Waals surface area (Å²) in [6, 6.07) is 11.8. The van der Waals surface area contributed by atoms with Crippen molar-refractivity contribution < 1.29 is 14.6 Å². The van der Waals surface area contributed by atoms with Crippen molar-refractivity contribution in [2.24, 2.45) is 11.8 Å². The van der Waals surface area contributed by atoms with Crippen LogP contribution in [0.2, 0.25) is 0 Å². The van der Waals surface area contributed by atoms with Crippen LogP contribution in [0.15, 0.2) is 48.9 Å². The zero-order valence-corrected chi connectivity index (χ0v) is 18.4. The minimum atomic E-state index is 0.0868. The Hall–Kier alpha value is -3.41. The molecule has 2 fully saturated rings. The molecule has 1 aliphatic carbocycles. The highest BCUT2D eigenvalue weighted by Gasteiger charge is 2.36. The standard InChI is InChI=1S/C25H27N5O3/c26-12-19-9-17(1-2-24(19)33-23-4-7-32-8-5-23)18-3-6-27-25(11-18)29-22-13-28-30(15-22)14-20-10-21(20)16-31/h1-3,6,9,11,13,15,20-21,23,31H,4-5,7-8,10,14,16H2,(H,27,29)/t20?,21-/m1/s1. The summed E-state index contributed by atoms with van der Waals surface area (Å²) < 4.78 is 13.4. The Bertz CT molecular complexity index is 1150. The SMILES string of the molecule is N#Cc1cc(-c2ccnc(Nc3cnn(CC4C[C@@H]4CO)c3)c2)ccc1OC1CCOCC1. The van der Waals surface area contributed by atoms with Crippen LogP contribution in [0.3, 0.4) is 0 Å². The van der Waals surface area contributed by atoms with Crippen molar-refractivity contribution in [2.75, 3.05) is 25.1 Å². The van der Waals surface area contributed by atoms with Crippen molar-refractivity contribution >= 4 is 11.5 Å². The molecule has 0 amide bonds. The molecule has 1 saturated heterocycles. The number of pyridine rings is 1. The first kappa shape index (κ1) is 21.4. The van der Waals surface area contributed by atoms with Crippen LogP contribution >= 0.6 is 0 Å². The Kier molecular flexibility index (Phi) is 6.24. The van der Waals surface area contributed by atoms with Crippen molar-refractivity contribution in [3.05, 3.63) is 54.5 Å². The highest BCUT2D eigenvalue weighted by atomic mass is 16.5. The Morgan fingerprint density at radius 3 is 2.82 bits per heavy atom. The quantitative estimate of drug-likeness (QED) is 0.544. The predicted octanol–water partition coefficient (Wildman–Crippen LogP) is 3.75. The molecule has 170 valence electrons. The van der Waals surface area contributed by atoms with Crippen LogP contribution in [0.5, 0.6) is 5.75 Å². The van der Waals surface area contributed by atoms with Crippen LogP contribution in [0, 0.1) is 23.2 Å². The lowest BCUT2D eigenvalue weighted by Crippen LogP contribution is -2.26. The van der Waals surface area contributed by atoms with Gasteiger partial charge in [0.2, 0.25) is 0 Å². The molecule has 0 radical (unpaired) electrons. The highest BCUT2D eigenvalue weighted by molar-refractivity contribution is 5.70. The third kappa shape index (κ3) is 5.16. The number of nitriles is 1. The van der Waals surface area contributed by atoms with E-state index in [1.807, 2.05) is 41.2 Å². The number of ether oxygens (including phenoxy) is 2. The molecule has 3 heterocycles. The predicted molar refractivity (Wildman–Crippen MR) is 123 cm³/mol. The lowest BCUT2D eigenvalue weighted by atomic mass is 10.0. The minimum Gasteiger partial charge on any atom is -0.489 e. The van der Waals surface area contributed by atoms with Crippen molar-refractivity contribution in [3.63, 3.8) is 0 Å². The van der Waals surface area contributed by atoms with Gasteiger partial charge in [-0.2, -0.15) is 10.4 Å². The van der Waals surface area contributed by atoms with Gasteiger partial charge < -0.3 is 19.9 Å². The first-order valence-corrected chi connectivity index (χ1v) is 11.4. The average Bonchev–Trinajstić information content (AvgIpc) is 3.47. The lowest BCUT2D eigenvalue weighted by molar-refractivity contribution is 0.0254. The Labute approximate surface area is 192 Å². The monoisotopic (exact) mass is 445 g/mol. The van der Waals surface area contributed by atoms with Gasteiger partial charge in [0.05, 0.1) is 30.7 Å². The van der Waals surface area contributed by atoms with E-state index in [4.69, 9.17) is 9.47 Å². The number of aromatic nitrogens is 3. The molecule has 1 unspecified atom stereocenters. The van der Waals surface area contributed by atoms with Gasteiger partial charge in [-0.15, -0.1) is 0 Å². The topological polar surface area (TPSA) is 105 Å². The molecule has 0 spiro atoms. The number of hydrogen-bond donors (Lipinski definition) is 2. The molecule has 8 heteroatoms. The summed E-state index contributed by atoms with van der Waals surface area (Å²) in [6.07, 6.45) is 8.31. The fraction of sp³-hybridized carbons (Fsp3) is 0.400. The second-order valence-corrected chi connectivity index (χ2v) is 8.70.